The Bertz CT molecular complexity index is 357. The SMILES string of the molecule is CSCCNC(=O)c1ccc(Cl)cc1O. The Morgan fingerprint density at radius 3 is 2.93 bits per heavy atom. The second-order valence-corrected chi connectivity index (χ2v) is 4.33. The molecule has 0 aliphatic heterocycles. The second-order valence-electron chi connectivity index (χ2n) is 2.91. The lowest BCUT2D eigenvalue weighted by Crippen LogP contribution is -2.25. The molecule has 0 spiro atoms. The maximum atomic E-state index is 11.5. The van der Waals surface area contributed by atoms with Crippen LogP contribution in [0.5, 0.6) is 5.75 Å². The van der Waals surface area contributed by atoms with E-state index in [1.807, 2.05) is 6.26 Å². The van der Waals surface area contributed by atoms with Crippen LogP contribution in [0.2, 0.25) is 5.02 Å². The van der Waals surface area contributed by atoms with Gasteiger partial charge in [-0.1, -0.05) is 11.6 Å². The van der Waals surface area contributed by atoms with Crippen LogP contribution in [0, 0.1) is 0 Å². The molecule has 0 bridgehead atoms. The summed E-state index contributed by atoms with van der Waals surface area (Å²) in [6.07, 6.45) is 1.96. The van der Waals surface area contributed by atoms with Gasteiger partial charge in [-0.2, -0.15) is 11.8 Å². The quantitative estimate of drug-likeness (QED) is 0.799. The van der Waals surface area contributed by atoms with Crippen LogP contribution in [0.3, 0.4) is 0 Å². The third-order valence-electron chi connectivity index (χ3n) is 1.80. The first kappa shape index (κ1) is 12.2. The van der Waals surface area contributed by atoms with Gasteiger partial charge in [0, 0.05) is 17.3 Å². The smallest absolute Gasteiger partial charge is 0.255 e. The third-order valence-corrected chi connectivity index (χ3v) is 2.64. The fourth-order valence-electron chi connectivity index (χ4n) is 1.06. The van der Waals surface area contributed by atoms with Gasteiger partial charge in [0.2, 0.25) is 0 Å². The van der Waals surface area contributed by atoms with Crippen LogP contribution < -0.4 is 5.32 Å². The molecule has 1 rings (SSSR count). The summed E-state index contributed by atoms with van der Waals surface area (Å²) >= 11 is 7.30. The summed E-state index contributed by atoms with van der Waals surface area (Å²) in [7, 11) is 0. The van der Waals surface area contributed by atoms with Crippen molar-refractivity contribution in [3.8, 4) is 5.75 Å². The molecule has 0 aliphatic carbocycles. The maximum absolute atomic E-state index is 11.5. The number of phenolic OH excluding ortho intramolecular Hbond substituents is 1. The molecule has 1 aromatic carbocycles. The number of rotatable bonds is 4. The van der Waals surface area contributed by atoms with Gasteiger partial charge in [-0.15, -0.1) is 0 Å². The lowest BCUT2D eigenvalue weighted by molar-refractivity contribution is 0.0953. The molecular formula is C10H12ClNO2S. The monoisotopic (exact) mass is 245 g/mol. The fourth-order valence-corrected chi connectivity index (χ4v) is 1.53. The Balaban J connectivity index is 2.65. The molecule has 0 fully saturated rings. The van der Waals surface area contributed by atoms with Gasteiger partial charge in [-0.05, 0) is 24.5 Å². The molecule has 0 aliphatic rings. The summed E-state index contributed by atoms with van der Waals surface area (Å²) in [5.74, 6) is 0.475. The molecule has 0 heterocycles. The average molecular weight is 246 g/mol. The largest absolute Gasteiger partial charge is 0.507 e. The van der Waals surface area contributed by atoms with E-state index in [0.29, 0.717) is 11.6 Å². The van der Waals surface area contributed by atoms with Gasteiger partial charge in [0.05, 0.1) is 5.56 Å². The van der Waals surface area contributed by atoms with Crippen molar-refractivity contribution < 1.29 is 9.90 Å². The molecule has 0 unspecified atom stereocenters. The predicted octanol–water partition coefficient (Wildman–Crippen LogP) is 2.14. The number of hydrogen-bond acceptors (Lipinski definition) is 3. The van der Waals surface area contributed by atoms with Gasteiger partial charge < -0.3 is 10.4 Å². The normalized spacial score (nSPS) is 10.0. The van der Waals surface area contributed by atoms with Gasteiger partial charge in [-0.3, -0.25) is 4.79 Å². The molecule has 0 atom stereocenters. The van der Waals surface area contributed by atoms with E-state index in [1.165, 1.54) is 12.1 Å². The van der Waals surface area contributed by atoms with Crippen molar-refractivity contribution in [2.45, 2.75) is 0 Å². The van der Waals surface area contributed by atoms with Crippen molar-refractivity contribution in [2.24, 2.45) is 0 Å². The molecule has 0 saturated carbocycles. The highest BCUT2D eigenvalue weighted by molar-refractivity contribution is 7.98. The minimum Gasteiger partial charge on any atom is -0.507 e. The summed E-state index contributed by atoms with van der Waals surface area (Å²) < 4.78 is 0. The minimum absolute atomic E-state index is 0.0934. The van der Waals surface area contributed by atoms with Crippen molar-refractivity contribution in [1.29, 1.82) is 0 Å². The average Bonchev–Trinajstić information content (AvgIpc) is 2.17. The topological polar surface area (TPSA) is 49.3 Å². The molecule has 3 nitrogen and oxygen atoms in total. The Morgan fingerprint density at radius 1 is 1.60 bits per heavy atom. The van der Waals surface area contributed by atoms with E-state index in [0.717, 1.165) is 5.75 Å². The molecule has 0 aromatic heterocycles. The number of benzene rings is 1. The first-order chi connectivity index (χ1) is 7.15. The number of aromatic hydroxyl groups is 1. The van der Waals surface area contributed by atoms with Crippen molar-refractivity contribution in [2.75, 3.05) is 18.6 Å². The molecule has 1 aromatic rings. The zero-order chi connectivity index (χ0) is 11.3. The van der Waals surface area contributed by atoms with Crippen molar-refractivity contribution in [3.63, 3.8) is 0 Å². The number of nitrogens with one attached hydrogen (secondary N) is 1. The highest BCUT2D eigenvalue weighted by atomic mass is 35.5. The van der Waals surface area contributed by atoms with Gasteiger partial charge in [0.1, 0.15) is 5.75 Å². The zero-order valence-electron chi connectivity index (χ0n) is 8.29. The van der Waals surface area contributed by atoms with Gasteiger partial charge in [0.25, 0.3) is 5.91 Å². The molecule has 15 heavy (non-hydrogen) atoms. The molecule has 1 amide bonds. The number of carbonyl (C=O) groups excluding carboxylic acids is 1. The first-order valence-electron chi connectivity index (χ1n) is 4.41. The molecule has 0 saturated heterocycles. The zero-order valence-corrected chi connectivity index (χ0v) is 9.86. The van der Waals surface area contributed by atoms with Crippen molar-refractivity contribution in [3.05, 3.63) is 28.8 Å². The summed E-state index contributed by atoms with van der Waals surface area (Å²) in [5.41, 5.74) is 0.250. The number of thioether (sulfide) groups is 1. The molecular weight excluding hydrogens is 234 g/mol. The van der Waals surface area contributed by atoms with Gasteiger partial charge >= 0.3 is 0 Å². The third kappa shape index (κ3) is 3.64. The van der Waals surface area contributed by atoms with E-state index in [9.17, 15) is 9.90 Å². The van der Waals surface area contributed by atoms with Crippen LogP contribution in [-0.4, -0.2) is 29.6 Å². The maximum Gasteiger partial charge on any atom is 0.255 e. The Kier molecular flexibility index (Phi) is 4.78. The van der Waals surface area contributed by atoms with Crippen LogP contribution in [-0.2, 0) is 0 Å². The van der Waals surface area contributed by atoms with Crippen LogP contribution >= 0.6 is 23.4 Å². The summed E-state index contributed by atoms with van der Waals surface area (Å²) in [6, 6.07) is 4.43. The van der Waals surface area contributed by atoms with Crippen molar-refractivity contribution in [1.82, 2.24) is 5.32 Å². The lowest BCUT2D eigenvalue weighted by atomic mass is 10.2. The van der Waals surface area contributed by atoms with Gasteiger partial charge in [0.15, 0.2) is 0 Å². The highest BCUT2D eigenvalue weighted by Crippen LogP contribution is 2.21. The van der Waals surface area contributed by atoms with E-state index in [4.69, 9.17) is 11.6 Å². The molecule has 0 radical (unpaired) electrons. The van der Waals surface area contributed by atoms with Crippen LogP contribution in [0.15, 0.2) is 18.2 Å². The molecule has 5 heteroatoms. The Labute approximate surface area is 97.8 Å². The molecule has 82 valence electrons. The Hall–Kier alpha value is -0.870. The number of hydrogen-bond donors (Lipinski definition) is 2. The lowest BCUT2D eigenvalue weighted by Gasteiger charge is -2.05. The standard InChI is InChI=1S/C10H12ClNO2S/c1-15-5-4-12-10(14)8-3-2-7(11)6-9(8)13/h2-3,6,13H,4-5H2,1H3,(H,12,14). The van der Waals surface area contributed by atoms with E-state index in [2.05, 4.69) is 5.32 Å². The van der Waals surface area contributed by atoms with E-state index < -0.39 is 0 Å². The van der Waals surface area contributed by atoms with E-state index >= 15 is 0 Å². The van der Waals surface area contributed by atoms with E-state index in [-0.39, 0.29) is 17.2 Å². The van der Waals surface area contributed by atoms with Crippen LogP contribution in [0.4, 0.5) is 0 Å². The summed E-state index contributed by atoms with van der Waals surface area (Å²) in [6.45, 7) is 0.585. The highest BCUT2D eigenvalue weighted by Gasteiger charge is 2.10. The Morgan fingerprint density at radius 2 is 2.33 bits per heavy atom. The molecule has 2 N–H and O–H groups in total. The van der Waals surface area contributed by atoms with Gasteiger partial charge in [-0.25, -0.2) is 0 Å². The second kappa shape index (κ2) is 5.88. The van der Waals surface area contributed by atoms with E-state index in [1.54, 1.807) is 17.8 Å². The summed E-state index contributed by atoms with van der Waals surface area (Å²) in [4.78, 5) is 11.5. The van der Waals surface area contributed by atoms with Crippen LogP contribution in [0.25, 0.3) is 0 Å². The van der Waals surface area contributed by atoms with Crippen LogP contribution in [0.1, 0.15) is 10.4 Å². The number of amides is 1. The number of phenols is 1. The first-order valence-corrected chi connectivity index (χ1v) is 6.18. The summed E-state index contributed by atoms with van der Waals surface area (Å²) in [5, 5.41) is 12.6. The minimum atomic E-state index is -0.279. The predicted molar refractivity (Wildman–Crippen MR) is 63.8 cm³/mol. The number of carbonyl (C=O) groups is 1. The fraction of sp³-hybridized carbons (Fsp3) is 0.300. The van der Waals surface area contributed by atoms with Crippen molar-refractivity contribution >= 4 is 29.3 Å². The number of halogens is 1.